The minimum absolute atomic E-state index is 0.306. The maximum atomic E-state index is 5.70. The van der Waals surface area contributed by atoms with Gasteiger partial charge in [0.15, 0.2) is 5.96 Å². The van der Waals surface area contributed by atoms with E-state index >= 15 is 0 Å². The largest absolute Gasteiger partial charge is 0.379 e. The van der Waals surface area contributed by atoms with Gasteiger partial charge in [0.2, 0.25) is 0 Å². The minimum Gasteiger partial charge on any atom is -0.379 e. The summed E-state index contributed by atoms with van der Waals surface area (Å²) >= 11 is 0. The first-order valence-electron chi connectivity index (χ1n) is 10.1. The third kappa shape index (κ3) is 9.22. The van der Waals surface area contributed by atoms with Crippen molar-refractivity contribution < 1.29 is 9.47 Å². The summed E-state index contributed by atoms with van der Waals surface area (Å²) in [5.41, 5.74) is 2.54. The zero-order valence-electron chi connectivity index (χ0n) is 17.2. The molecule has 0 aliphatic carbocycles. The number of ether oxygens (including phenoxy) is 2. The van der Waals surface area contributed by atoms with Crippen molar-refractivity contribution in [3.05, 3.63) is 35.4 Å². The first kappa shape index (κ1) is 21.7. The fraction of sp³-hybridized carbons (Fsp3) is 0.667. The molecule has 152 valence electrons. The summed E-state index contributed by atoms with van der Waals surface area (Å²) in [6.07, 6.45) is 3.55. The monoisotopic (exact) mass is 376 g/mol. The van der Waals surface area contributed by atoms with Gasteiger partial charge < -0.3 is 25.0 Å². The fourth-order valence-corrected chi connectivity index (χ4v) is 3.08. The molecule has 1 aromatic carbocycles. The molecule has 1 heterocycles. The molecular weight excluding hydrogens is 340 g/mol. The molecule has 0 bridgehead atoms. The number of benzene rings is 1. The predicted molar refractivity (Wildman–Crippen MR) is 111 cm³/mol. The number of rotatable bonds is 11. The van der Waals surface area contributed by atoms with Gasteiger partial charge in [-0.05, 0) is 51.4 Å². The van der Waals surface area contributed by atoms with Gasteiger partial charge in [-0.2, -0.15) is 0 Å². The van der Waals surface area contributed by atoms with E-state index in [1.807, 2.05) is 0 Å². The lowest BCUT2D eigenvalue weighted by atomic mass is 10.1. The summed E-state index contributed by atoms with van der Waals surface area (Å²) in [5.74, 6) is 0.856. The SMILES string of the molecule is CCNC(=NCc1cccc(CN(C)C)c1)NCCCOCC1CCCO1. The van der Waals surface area contributed by atoms with Crippen LogP contribution in [-0.4, -0.2) is 64.0 Å². The third-order valence-corrected chi connectivity index (χ3v) is 4.34. The Morgan fingerprint density at radius 3 is 2.89 bits per heavy atom. The molecule has 6 heteroatoms. The van der Waals surface area contributed by atoms with Crippen LogP contribution in [-0.2, 0) is 22.6 Å². The van der Waals surface area contributed by atoms with Crippen LogP contribution in [0.25, 0.3) is 0 Å². The quantitative estimate of drug-likeness (QED) is 0.353. The lowest BCUT2D eigenvalue weighted by molar-refractivity contribution is 0.0168. The van der Waals surface area contributed by atoms with Crippen LogP contribution in [0.4, 0.5) is 0 Å². The van der Waals surface area contributed by atoms with E-state index in [0.717, 1.165) is 64.7 Å². The molecule has 0 aromatic heterocycles. The highest BCUT2D eigenvalue weighted by molar-refractivity contribution is 5.79. The second kappa shape index (κ2) is 12.7. The zero-order valence-corrected chi connectivity index (χ0v) is 17.2. The standard InChI is InChI=1S/C21H36N4O2/c1-4-22-21(23-11-7-12-26-17-20-10-6-13-27-20)24-15-18-8-5-9-19(14-18)16-25(2)3/h5,8-9,14,20H,4,6-7,10-13,15-17H2,1-3H3,(H2,22,23,24). The van der Waals surface area contributed by atoms with Crippen LogP contribution in [0.3, 0.4) is 0 Å². The summed E-state index contributed by atoms with van der Waals surface area (Å²) in [5, 5.41) is 6.69. The molecule has 1 aromatic rings. The summed E-state index contributed by atoms with van der Waals surface area (Å²) in [6.45, 7) is 7.75. The van der Waals surface area contributed by atoms with Crippen molar-refractivity contribution in [3.63, 3.8) is 0 Å². The molecule has 0 amide bonds. The van der Waals surface area contributed by atoms with E-state index < -0.39 is 0 Å². The zero-order chi connectivity index (χ0) is 19.3. The molecule has 0 saturated carbocycles. The van der Waals surface area contributed by atoms with E-state index in [1.54, 1.807) is 0 Å². The molecule has 1 atom stereocenters. The van der Waals surface area contributed by atoms with Crippen LogP contribution >= 0.6 is 0 Å². The van der Waals surface area contributed by atoms with Crippen LogP contribution in [0.15, 0.2) is 29.3 Å². The Bertz CT molecular complexity index is 557. The van der Waals surface area contributed by atoms with Gasteiger partial charge in [-0.1, -0.05) is 24.3 Å². The molecule has 27 heavy (non-hydrogen) atoms. The van der Waals surface area contributed by atoms with Crippen molar-refractivity contribution in [2.24, 2.45) is 4.99 Å². The van der Waals surface area contributed by atoms with Crippen LogP contribution in [0, 0.1) is 0 Å². The highest BCUT2D eigenvalue weighted by Gasteiger charge is 2.14. The number of hydrogen-bond acceptors (Lipinski definition) is 4. The first-order chi connectivity index (χ1) is 13.2. The molecule has 0 radical (unpaired) electrons. The van der Waals surface area contributed by atoms with E-state index in [1.165, 1.54) is 11.1 Å². The van der Waals surface area contributed by atoms with Gasteiger partial charge in [-0.25, -0.2) is 4.99 Å². The van der Waals surface area contributed by atoms with Crippen molar-refractivity contribution in [1.29, 1.82) is 0 Å². The van der Waals surface area contributed by atoms with Gasteiger partial charge in [-0.3, -0.25) is 0 Å². The number of aliphatic imine (C=N–C) groups is 1. The van der Waals surface area contributed by atoms with Gasteiger partial charge in [0, 0.05) is 32.8 Å². The van der Waals surface area contributed by atoms with Gasteiger partial charge >= 0.3 is 0 Å². The number of guanidine groups is 1. The average Bonchev–Trinajstić information content (AvgIpc) is 3.15. The second-order valence-corrected chi connectivity index (χ2v) is 7.24. The van der Waals surface area contributed by atoms with Crippen LogP contribution in [0.1, 0.15) is 37.3 Å². The van der Waals surface area contributed by atoms with Crippen molar-refractivity contribution >= 4 is 5.96 Å². The Morgan fingerprint density at radius 2 is 2.15 bits per heavy atom. The minimum atomic E-state index is 0.306. The normalized spacial score (nSPS) is 17.5. The third-order valence-electron chi connectivity index (χ3n) is 4.34. The Balaban J connectivity index is 1.69. The Morgan fingerprint density at radius 1 is 1.30 bits per heavy atom. The van der Waals surface area contributed by atoms with E-state index in [4.69, 9.17) is 14.5 Å². The lowest BCUT2D eigenvalue weighted by Gasteiger charge is -2.13. The molecule has 2 rings (SSSR count). The molecule has 2 N–H and O–H groups in total. The van der Waals surface area contributed by atoms with E-state index in [2.05, 4.69) is 60.8 Å². The number of nitrogens with one attached hydrogen (secondary N) is 2. The predicted octanol–water partition coefficient (Wildman–Crippen LogP) is 2.39. The van der Waals surface area contributed by atoms with Crippen LogP contribution in [0.2, 0.25) is 0 Å². The highest BCUT2D eigenvalue weighted by atomic mass is 16.5. The maximum absolute atomic E-state index is 5.70. The van der Waals surface area contributed by atoms with E-state index in [0.29, 0.717) is 12.6 Å². The molecule has 1 fully saturated rings. The molecular formula is C21H36N4O2. The van der Waals surface area contributed by atoms with Gasteiger partial charge in [0.05, 0.1) is 19.3 Å². The number of nitrogens with zero attached hydrogens (tertiary/aromatic N) is 2. The summed E-state index contributed by atoms with van der Waals surface area (Å²) < 4.78 is 11.3. The van der Waals surface area contributed by atoms with Crippen molar-refractivity contribution in [2.75, 3.05) is 47.0 Å². The Labute approximate surface area is 164 Å². The summed E-state index contributed by atoms with van der Waals surface area (Å²) in [6, 6.07) is 8.62. The fourth-order valence-electron chi connectivity index (χ4n) is 3.08. The van der Waals surface area contributed by atoms with E-state index in [-0.39, 0.29) is 0 Å². The molecule has 6 nitrogen and oxygen atoms in total. The van der Waals surface area contributed by atoms with Gasteiger partial charge in [0.25, 0.3) is 0 Å². The van der Waals surface area contributed by atoms with Crippen LogP contribution < -0.4 is 10.6 Å². The Kier molecular flexibility index (Phi) is 10.2. The molecule has 1 aliphatic rings. The van der Waals surface area contributed by atoms with Crippen molar-refractivity contribution in [2.45, 2.75) is 45.4 Å². The first-order valence-corrected chi connectivity index (χ1v) is 10.1. The van der Waals surface area contributed by atoms with Crippen molar-refractivity contribution in [1.82, 2.24) is 15.5 Å². The average molecular weight is 377 g/mol. The van der Waals surface area contributed by atoms with Gasteiger partial charge in [-0.15, -0.1) is 0 Å². The van der Waals surface area contributed by atoms with Crippen LogP contribution in [0.5, 0.6) is 0 Å². The number of hydrogen-bond donors (Lipinski definition) is 2. The highest BCUT2D eigenvalue weighted by Crippen LogP contribution is 2.12. The topological polar surface area (TPSA) is 58.1 Å². The Hall–Kier alpha value is -1.63. The molecule has 1 aliphatic heterocycles. The van der Waals surface area contributed by atoms with E-state index in [9.17, 15) is 0 Å². The second-order valence-electron chi connectivity index (χ2n) is 7.24. The van der Waals surface area contributed by atoms with Crippen molar-refractivity contribution in [3.8, 4) is 0 Å². The smallest absolute Gasteiger partial charge is 0.191 e. The molecule has 0 spiro atoms. The van der Waals surface area contributed by atoms with Gasteiger partial charge in [0.1, 0.15) is 0 Å². The summed E-state index contributed by atoms with van der Waals surface area (Å²) in [7, 11) is 4.17. The maximum Gasteiger partial charge on any atom is 0.191 e. The summed E-state index contributed by atoms with van der Waals surface area (Å²) in [4.78, 5) is 6.88. The molecule has 1 saturated heterocycles. The molecule has 1 unspecified atom stereocenters. The lowest BCUT2D eigenvalue weighted by Crippen LogP contribution is -2.38.